The molecule has 0 heterocycles. The molecule has 300 valence electrons. The number of carboxylic acid groups (broad SMARTS) is 1. The number of hydrogen-bond acceptors (Lipinski definition) is 11. The van der Waals surface area contributed by atoms with Crippen LogP contribution in [0.1, 0.15) is 91.9 Å². The van der Waals surface area contributed by atoms with Crippen LogP contribution in [0.25, 0.3) is 0 Å². The summed E-state index contributed by atoms with van der Waals surface area (Å²) in [5, 5.41) is 22.9. The third kappa shape index (κ3) is 19.8. The van der Waals surface area contributed by atoms with Crippen molar-refractivity contribution in [2.45, 2.75) is 128 Å². The number of unbranched alkanes of at least 4 members (excludes halogenated alkanes) is 2. The van der Waals surface area contributed by atoms with Crippen molar-refractivity contribution in [1.82, 2.24) is 26.6 Å². The van der Waals surface area contributed by atoms with E-state index in [2.05, 4.69) is 44.2 Å². The van der Waals surface area contributed by atoms with Crippen molar-refractivity contribution in [3.8, 4) is 0 Å². The molecular formula is C33H65N11O7S. The topological polar surface area (TPSA) is 325 Å². The van der Waals surface area contributed by atoms with E-state index in [1.165, 1.54) is 0 Å². The van der Waals surface area contributed by atoms with E-state index in [4.69, 9.17) is 28.7 Å². The predicted octanol–water partition coefficient (Wildman–Crippen LogP) is -1.84. The van der Waals surface area contributed by atoms with E-state index < -0.39 is 71.8 Å². The minimum Gasteiger partial charge on any atom is -0.480 e. The lowest BCUT2D eigenvalue weighted by Crippen LogP contribution is -2.59. The summed E-state index contributed by atoms with van der Waals surface area (Å²) in [6.45, 7) is 8.21. The molecule has 0 unspecified atom stereocenters. The third-order valence-electron chi connectivity index (χ3n) is 8.40. The number of nitrogens with zero attached hydrogens (tertiary/aromatic N) is 1. The normalized spacial score (nSPS) is 15.2. The Kier molecular flexibility index (Phi) is 25.1. The molecule has 0 bridgehead atoms. The first-order chi connectivity index (χ1) is 24.5. The number of nitrogens with one attached hydrogen (secondary N) is 5. The quantitative estimate of drug-likeness (QED) is 0.0181. The summed E-state index contributed by atoms with van der Waals surface area (Å²) in [7, 11) is 0. The molecular weight excluding hydrogens is 694 g/mol. The van der Waals surface area contributed by atoms with Crippen LogP contribution >= 0.6 is 12.6 Å². The zero-order valence-electron chi connectivity index (χ0n) is 31.2. The van der Waals surface area contributed by atoms with Crippen LogP contribution in [0.2, 0.25) is 0 Å². The first-order valence-electron chi connectivity index (χ1n) is 18.1. The molecule has 0 aromatic carbocycles. The molecule has 0 aliphatic heterocycles. The lowest BCUT2D eigenvalue weighted by Gasteiger charge is -2.28. The number of thiol groups is 1. The zero-order valence-corrected chi connectivity index (χ0v) is 32.1. The van der Waals surface area contributed by atoms with Gasteiger partial charge in [-0.1, -0.05) is 34.1 Å². The van der Waals surface area contributed by atoms with Crippen molar-refractivity contribution >= 4 is 54.1 Å². The van der Waals surface area contributed by atoms with Crippen LogP contribution in [0.4, 0.5) is 0 Å². The van der Waals surface area contributed by atoms with Crippen LogP contribution in [0.15, 0.2) is 4.99 Å². The van der Waals surface area contributed by atoms with Gasteiger partial charge in [0, 0.05) is 12.3 Å². The van der Waals surface area contributed by atoms with Gasteiger partial charge in [-0.2, -0.15) is 12.6 Å². The van der Waals surface area contributed by atoms with Crippen molar-refractivity contribution in [3.63, 3.8) is 0 Å². The Morgan fingerprint density at radius 2 is 1.13 bits per heavy atom. The number of hydrogen-bond donors (Lipinski definition) is 12. The van der Waals surface area contributed by atoms with Gasteiger partial charge in [-0.3, -0.25) is 29.0 Å². The molecule has 0 fully saturated rings. The molecule has 0 radical (unpaired) electrons. The standard InChI is InChI=1S/C33H65N11O7S/c1-5-20(4)26(32(50)51)44-30(48)24(17-19(2)3)42-29(47)23(13-7-9-15-35)40-28(46)22(12-6-8-14-34)41-31(49)25(18-52)43-27(45)21(36)11-10-16-39-33(37)38/h19-26,52H,5-18,34-36H2,1-4H3,(H,40,46)(H,41,49)(H,42,47)(H,43,45)(H,44,48)(H,50,51)(H4,37,38,39)/t20-,21-,22-,23-,24-,25-,26-/m0/s1. The number of carboxylic acids is 1. The first kappa shape index (κ1) is 48.3. The average Bonchev–Trinajstić information content (AvgIpc) is 3.08. The van der Waals surface area contributed by atoms with E-state index in [1.54, 1.807) is 6.92 Å². The molecule has 7 atom stereocenters. The largest absolute Gasteiger partial charge is 0.480 e. The lowest BCUT2D eigenvalue weighted by atomic mass is 9.97. The SMILES string of the molecule is CC[C@H](C)[C@H](NC(=O)[C@H](CC(C)C)NC(=O)[C@H](CCCCN)NC(=O)[C@H](CCCCN)NC(=O)[C@H](CS)NC(=O)[C@@H](N)CCCN=C(N)N)C(=O)O. The van der Waals surface area contributed by atoms with Gasteiger partial charge < -0.3 is 60.4 Å². The maximum Gasteiger partial charge on any atom is 0.326 e. The van der Waals surface area contributed by atoms with Gasteiger partial charge in [0.15, 0.2) is 5.96 Å². The number of rotatable bonds is 28. The number of aliphatic imine (C=N–C) groups is 1. The monoisotopic (exact) mass is 759 g/mol. The highest BCUT2D eigenvalue weighted by molar-refractivity contribution is 7.80. The van der Waals surface area contributed by atoms with Gasteiger partial charge in [-0.15, -0.1) is 0 Å². The van der Waals surface area contributed by atoms with E-state index in [1.807, 2.05) is 20.8 Å². The minimum atomic E-state index is -1.19. The third-order valence-corrected chi connectivity index (χ3v) is 8.76. The smallest absolute Gasteiger partial charge is 0.326 e. The summed E-state index contributed by atoms with van der Waals surface area (Å²) in [6, 6.07) is -6.54. The number of aliphatic carboxylic acids is 1. The summed E-state index contributed by atoms with van der Waals surface area (Å²) < 4.78 is 0. The fourth-order valence-electron chi connectivity index (χ4n) is 5.10. The maximum absolute atomic E-state index is 13.7. The highest BCUT2D eigenvalue weighted by Gasteiger charge is 2.33. The Morgan fingerprint density at radius 1 is 0.673 bits per heavy atom. The second-order valence-electron chi connectivity index (χ2n) is 13.4. The van der Waals surface area contributed by atoms with Crippen LogP contribution in [-0.2, 0) is 28.8 Å². The van der Waals surface area contributed by atoms with Gasteiger partial charge in [0.05, 0.1) is 6.04 Å². The lowest BCUT2D eigenvalue weighted by molar-refractivity contribution is -0.144. The molecule has 19 heteroatoms. The van der Waals surface area contributed by atoms with E-state index in [-0.39, 0.29) is 55.8 Å². The van der Waals surface area contributed by atoms with Crippen LogP contribution < -0.4 is 55.3 Å². The van der Waals surface area contributed by atoms with E-state index in [0.29, 0.717) is 51.6 Å². The first-order valence-corrected chi connectivity index (χ1v) is 18.7. The Morgan fingerprint density at radius 3 is 1.56 bits per heavy atom. The molecule has 0 spiro atoms. The number of guanidine groups is 1. The Balaban J connectivity index is 6.02. The number of carbonyl (C=O) groups excluding carboxylic acids is 5. The van der Waals surface area contributed by atoms with Crippen LogP contribution in [-0.4, -0.2) is 108 Å². The number of nitrogens with two attached hydrogens (primary N) is 5. The molecule has 0 aromatic rings. The van der Waals surface area contributed by atoms with Crippen molar-refractivity contribution in [3.05, 3.63) is 0 Å². The summed E-state index contributed by atoms with van der Waals surface area (Å²) in [5.74, 6) is -5.02. The molecule has 0 saturated heterocycles. The fourth-order valence-corrected chi connectivity index (χ4v) is 5.36. The molecule has 16 N–H and O–H groups in total. The highest BCUT2D eigenvalue weighted by Crippen LogP contribution is 2.12. The van der Waals surface area contributed by atoms with Gasteiger partial charge >= 0.3 is 5.97 Å². The van der Waals surface area contributed by atoms with Crippen LogP contribution in [0.5, 0.6) is 0 Å². The van der Waals surface area contributed by atoms with E-state index in [9.17, 15) is 33.9 Å². The van der Waals surface area contributed by atoms with Crippen molar-refractivity contribution in [2.75, 3.05) is 25.4 Å². The fraction of sp³-hybridized carbons (Fsp3) is 0.788. The molecule has 5 amide bonds. The number of amides is 5. The predicted molar refractivity (Wildman–Crippen MR) is 204 cm³/mol. The van der Waals surface area contributed by atoms with Crippen molar-refractivity contribution in [2.24, 2.45) is 45.5 Å². The summed E-state index contributed by atoms with van der Waals surface area (Å²) in [6.07, 6.45) is 3.79. The van der Waals surface area contributed by atoms with Gasteiger partial charge in [0.1, 0.15) is 30.2 Å². The summed E-state index contributed by atoms with van der Waals surface area (Å²) >= 11 is 4.21. The number of carbonyl (C=O) groups is 6. The molecule has 0 saturated carbocycles. The molecule has 18 nitrogen and oxygen atoms in total. The Labute approximate surface area is 313 Å². The second-order valence-corrected chi connectivity index (χ2v) is 13.8. The average molecular weight is 760 g/mol. The van der Waals surface area contributed by atoms with Gasteiger partial charge in [-0.05, 0) is 82.7 Å². The second kappa shape index (κ2) is 27.0. The highest BCUT2D eigenvalue weighted by atomic mass is 32.1. The van der Waals surface area contributed by atoms with Crippen LogP contribution in [0, 0.1) is 11.8 Å². The van der Waals surface area contributed by atoms with Crippen LogP contribution in [0.3, 0.4) is 0 Å². The van der Waals surface area contributed by atoms with Gasteiger partial charge in [0.25, 0.3) is 0 Å². The van der Waals surface area contributed by atoms with E-state index >= 15 is 0 Å². The van der Waals surface area contributed by atoms with Gasteiger partial charge in [0.2, 0.25) is 29.5 Å². The molecule has 0 aromatic heterocycles. The zero-order chi connectivity index (χ0) is 39.8. The summed E-state index contributed by atoms with van der Waals surface area (Å²) in [5.41, 5.74) is 27.9. The Hall–Kier alpha value is -3.68. The van der Waals surface area contributed by atoms with Crippen molar-refractivity contribution in [1.29, 1.82) is 0 Å². The van der Waals surface area contributed by atoms with Crippen molar-refractivity contribution < 1.29 is 33.9 Å². The maximum atomic E-state index is 13.7. The Bertz CT molecular complexity index is 1160. The van der Waals surface area contributed by atoms with E-state index in [0.717, 1.165) is 0 Å². The molecule has 0 aliphatic carbocycles. The van der Waals surface area contributed by atoms with Gasteiger partial charge in [-0.25, -0.2) is 4.79 Å². The minimum absolute atomic E-state index is 0.0464. The molecule has 52 heavy (non-hydrogen) atoms. The molecule has 0 aliphatic rings. The summed E-state index contributed by atoms with van der Waals surface area (Å²) in [4.78, 5) is 82.5. The molecule has 0 rings (SSSR count).